The zero-order valence-electron chi connectivity index (χ0n) is 12.9. The number of urea groups is 1. The fourth-order valence-corrected chi connectivity index (χ4v) is 2.86. The van der Waals surface area contributed by atoms with Crippen molar-refractivity contribution in [3.63, 3.8) is 0 Å². The third-order valence-electron chi connectivity index (χ3n) is 3.14. The molecule has 0 fully saturated rings. The Bertz CT molecular complexity index is 724. The van der Waals surface area contributed by atoms with E-state index < -0.39 is 6.03 Å². The molecule has 5 nitrogen and oxygen atoms in total. The molecule has 0 spiro atoms. The fourth-order valence-electron chi connectivity index (χ4n) is 2.02. The molecular formula is C17H18FN3O2S. The first-order valence-corrected chi connectivity index (χ1v) is 8.47. The maximum Gasteiger partial charge on any atom is 0.316 e. The summed E-state index contributed by atoms with van der Waals surface area (Å²) < 4.78 is 13.5. The number of primary amides is 1. The van der Waals surface area contributed by atoms with E-state index in [2.05, 4.69) is 10.6 Å². The molecule has 2 aromatic carbocycles. The molecule has 4 N–H and O–H groups in total. The minimum atomic E-state index is -0.683. The van der Waals surface area contributed by atoms with E-state index >= 15 is 0 Å². The zero-order valence-corrected chi connectivity index (χ0v) is 13.7. The number of amides is 3. The number of carbonyl (C=O) groups is 2. The van der Waals surface area contributed by atoms with Crippen molar-refractivity contribution in [1.82, 2.24) is 5.32 Å². The summed E-state index contributed by atoms with van der Waals surface area (Å²) in [4.78, 5) is 22.9. The van der Waals surface area contributed by atoms with E-state index in [1.54, 1.807) is 54.2 Å². The van der Waals surface area contributed by atoms with Crippen LogP contribution < -0.4 is 16.4 Å². The van der Waals surface area contributed by atoms with Gasteiger partial charge in [-0.2, -0.15) is 11.8 Å². The number of halogens is 1. The van der Waals surface area contributed by atoms with Crippen LogP contribution in [0.3, 0.4) is 0 Å². The minimum absolute atomic E-state index is 0.215. The minimum Gasteiger partial charge on any atom is -0.351 e. The van der Waals surface area contributed by atoms with E-state index in [-0.39, 0.29) is 11.7 Å². The standard InChI is InChI=1S/C17H18FN3O2S/c18-15-7-2-1-4-13(15)11-24-9-8-20-16(22)12-5-3-6-14(10-12)21-17(19)23/h1-7,10H,8-9,11H2,(H,20,22)(H3,19,21,23). The molecule has 0 heterocycles. The fraction of sp³-hybridized carbons (Fsp3) is 0.176. The lowest BCUT2D eigenvalue weighted by Crippen LogP contribution is -2.26. The number of carbonyl (C=O) groups excluding carboxylic acids is 2. The molecule has 0 radical (unpaired) electrons. The first kappa shape index (κ1) is 17.8. The molecule has 24 heavy (non-hydrogen) atoms. The predicted octanol–water partition coefficient (Wildman–Crippen LogP) is 2.98. The first-order chi connectivity index (χ1) is 11.6. The van der Waals surface area contributed by atoms with Gasteiger partial charge in [-0.25, -0.2) is 9.18 Å². The molecule has 0 saturated carbocycles. The van der Waals surface area contributed by atoms with Crippen molar-refractivity contribution in [1.29, 1.82) is 0 Å². The molecule has 0 atom stereocenters. The summed E-state index contributed by atoms with van der Waals surface area (Å²) in [5.74, 6) is 0.766. The SMILES string of the molecule is NC(=O)Nc1cccc(C(=O)NCCSCc2ccccc2F)c1. The lowest BCUT2D eigenvalue weighted by Gasteiger charge is -2.07. The molecule has 0 aliphatic heterocycles. The van der Waals surface area contributed by atoms with Gasteiger partial charge in [-0.1, -0.05) is 24.3 Å². The average Bonchev–Trinajstić information content (AvgIpc) is 2.55. The summed E-state index contributed by atoms with van der Waals surface area (Å²) >= 11 is 1.54. The maximum absolute atomic E-state index is 13.5. The van der Waals surface area contributed by atoms with Crippen molar-refractivity contribution in [3.8, 4) is 0 Å². The van der Waals surface area contributed by atoms with Gasteiger partial charge in [0, 0.05) is 29.3 Å². The summed E-state index contributed by atoms with van der Waals surface area (Å²) in [6.07, 6.45) is 0. The quantitative estimate of drug-likeness (QED) is 0.673. The Morgan fingerprint density at radius 3 is 2.67 bits per heavy atom. The van der Waals surface area contributed by atoms with Gasteiger partial charge in [0.1, 0.15) is 5.82 Å². The van der Waals surface area contributed by atoms with Crippen LogP contribution in [-0.4, -0.2) is 24.2 Å². The van der Waals surface area contributed by atoms with Crippen LogP contribution in [0.1, 0.15) is 15.9 Å². The van der Waals surface area contributed by atoms with E-state index in [9.17, 15) is 14.0 Å². The van der Waals surface area contributed by atoms with Crippen molar-refractivity contribution in [2.45, 2.75) is 5.75 Å². The normalized spacial score (nSPS) is 10.2. The molecular weight excluding hydrogens is 329 g/mol. The van der Waals surface area contributed by atoms with Crippen LogP contribution in [0.15, 0.2) is 48.5 Å². The largest absolute Gasteiger partial charge is 0.351 e. The Balaban J connectivity index is 1.75. The van der Waals surface area contributed by atoms with Crippen LogP contribution >= 0.6 is 11.8 Å². The van der Waals surface area contributed by atoms with Gasteiger partial charge < -0.3 is 16.4 Å². The molecule has 0 unspecified atom stereocenters. The molecule has 0 aliphatic rings. The Morgan fingerprint density at radius 1 is 1.12 bits per heavy atom. The Labute approximate surface area is 143 Å². The van der Waals surface area contributed by atoms with E-state index in [1.807, 2.05) is 0 Å². The van der Waals surface area contributed by atoms with Crippen molar-refractivity contribution in [2.75, 3.05) is 17.6 Å². The topological polar surface area (TPSA) is 84.2 Å². The summed E-state index contributed by atoms with van der Waals surface area (Å²) in [5.41, 5.74) is 6.59. The van der Waals surface area contributed by atoms with Gasteiger partial charge >= 0.3 is 6.03 Å². The molecule has 7 heteroatoms. The summed E-state index contributed by atoms with van der Waals surface area (Å²) in [6.45, 7) is 0.464. The number of nitrogens with one attached hydrogen (secondary N) is 2. The van der Waals surface area contributed by atoms with E-state index in [0.29, 0.717) is 34.9 Å². The molecule has 0 saturated heterocycles. The molecule has 0 aliphatic carbocycles. The smallest absolute Gasteiger partial charge is 0.316 e. The van der Waals surface area contributed by atoms with Crippen LogP contribution in [0, 0.1) is 5.82 Å². The Kier molecular flexibility index (Phi) is 6.62. The maximum atomic E-state index is 13.5. The average molecular weight is 347 g/mol. The van der Waals surface area contributed by atoms with Crippen LogP contribution in [0.4, 0.5) is 14.9 Å². The first-order valence-electron chi connectivity index (χ1n) is 7.32. The zero-order chi connectivity index (χ0) is 17.4. The summed E-state index contributed by atoms with van der Waals surface area (Å²) in [5, 5.41) is 5.20. The van der Waals surface area contributed by atoms with Gasteiger partial charge in [-0.15, -0.1) is 0 Å². The van der Waals surface area contributed by atoms with Gasteiger partial charge in [0.15, 0.2) is 0 Å². The lowest BCUT2D eigenvalue weighted by atomic mass is 10.2. The van der Waals surface area contributed by atoms with Crippen LogP contribution in [0.2, 0.25) is 0 Å². The van der Waals surface area contributed by atoms with Gasteiger partial charge in [-0.3, -0.25) is 4.79 Å². The third kappa shape index (κ3) is 5.58. The second kappa shape index (κ2) is 8.93. The number of rotatable bonds is 7. The molecule has 3 amide bonds. The van der Waals surface area contributed by atoms with Crippen molar-refractivity contribution in [2.24, 2.45) is 5.73 Å². The van der Waals surface area contributed by atoms with E-state index in [0.717, 1.165) is 0 Å². The van der Waals surface area contributed by atoms with E-state index in [4.69, 9.17) is 5.73 Å². The molecule has 2 aromatic rings. The summed E-state index contributed by atoms with van der Waals surface area (Å²) in [6, 6.07) is 12.5. The number of thioether (sulfide) groups is 1. The molecule has 2 rings (SSSR count). The van der Waals surface area contributed by atoms with Gasteiger partial charge in [0.05, 0.1) is 0 Å². The highest BCUT2D eigenvalue weighted by molar-refractivity contribution is 7.98. The number of benzene rings is 2. The van der Waals surface area contributed by atoms with Gasteiger partial charge in [-0.05, 0) is 29.8 Å². The summed E-state index contributed by atoms with van der Waals surface area (Å²) in [7, 11) is 0. The lowest BCUT2D eigenvalue weighted by molar-refractivity contribution is 0.0956. The molecule has 126 valence electrons. The molecule has 0 bridgehead atoms. The van der Waals surface area contributed by atoms with Crippen LogP contribution in [0.5, 0.6) is 0 Å². The van der Waals surface area contributed by atoms with Crippen molar-refractivity contribution in [3.05, 3.63) is 65.5 Å². The van der Waals surface area contributed by atoms with Gasteiger partial charge in [0.2, 0.25) is 0 Å². The second-order valence-electron chi connectivity index (χ2n) is 4.97. The molecule has 0 aromatic heterocycles. The van der Waals surface area contributed by atoms with Gasteiger partial charge in [0.25, 0.3) is 5.91 Å². The predicted molar refractivity (Wildman–Crippen MR) is 94.5 cm³/mol. The van der Waals surface area contributed by atoms with E-state index in [1.165, 1.54) is 6.07 Å². The Morgan fingerprint density at radius 2 is 1.92 bits per heavy atom. The Hall–Kier alpha value is -2.54. The second-order valence-corrected chi connectivity index (χ2v) is 6.08. The van der Waals surface area contributed by atoms with Crippen molar-refractivity contribution < 1.29 is 14.0 Å². The highest BCUT2D eigenvalue weighted by Gasteiger charge is 2.07. The van der Waals surface area contributed by atoms with Crippen LogP contribution in [-0.2, 0) is 5.75 Å². The third-order valence-corrected chi connectivity index (χ3v) is 4.15. The number of hydrogen-bond donors (Lipinski definition) is 3. The number of hydrogen-bond acceptors (Lipinski definition) is 3. The highest BCUT2D eigenvalue weighted by Crippen LogP contribution is 2.15. The van der Waals surface area contributed by atoms with Crippen LogP contribution in [0.25, 0.3) is 0 Å². The number of anilines is 1. The monoisotopic (exact) mass is 347 g/mol. The highest BCUT2D eigenvalue weighted by atomic mass is 32.2. The van der Waals surface area contributed by atoms with Crippen molar-refractivity contribution >= 4 is 29.4 Å². The number of nitrogens with two attached hydrogens (primary N) is 1.